The van der Waals surface area contributed by atoms with E-state index in [-0.39, 0.29) is 0 Å². The number of hydrogen-bond donors (Lipinski definition) is 0. The molecule has 4 nitrogen and oxygen atoms in total. The Labute approximate surface area is 176 Å². The summed E-state index contributed by atoms with van der Waals surface area (Å²) in [7, 11) is 3.47. The molecule has 3 rings (SSSR count). The van der Waals surface area contributed by atoms with Crippen LogP contribution in [0.5, 0.6) is 11.5 Å². The lowest BCUT2D eigenvalue weighted by atomic mass is 9.96. The highest BCUT2D eigenvalue weighted by atomic mass is 16.5. The van der Waals surface area contributed by atoms with E-state index in [1.807, 2.05) is 12.1 Å². The fraction of sp³-hybridized carbons (Fsp3) is 0.520. The fourth-order valence-electron chi connectivity index (χ4n) is 4.32. The molecule has 1 heterocycles. The van der Waals surface area contributed by atoms with Crippen LogP contribution in [0.3, 0.4) is 0 Å². The molecule has 2 aromatic rings. The van der Waals surface area contributed by atoms with Crippen LogP contribution in [0.25, 0.3) is 0 Å². The Bertz CT molecular complexity index is 749. The Morgan fingerprint density at radius 3 is 2.38 bits per heavy atom. The van der Waals surface area contributed by atoms with Gasteiger partial charge in [0.15, 0.2) is 0 Å². The van der Waals surface area contributed by atoms with E-state index in [0.29, 0.717) is 0 Å². The summed E-state index contributed by atoms with van der Waals surface area (Å²) in [6, 6.07) is 16.9. The second-order valence-electron chi connectivity index (χ2n) is 8.09. The number of nitrogens with zero attached hydrogens (tertiary/aromatic N) is 2. The Kier molecular flexibility index (Phi) is 8.38. The highest BCUT2D eigenvalue weighted by Crippen LogP contribution is 2.21. The zero-order chi connectivity index (χ0) is 20.5. The fourth-order valence-corrected chi connectivity index (χ4v) is 4.32. The second kappa shape index (κ2) is 11.2. The predicted octanol–water partition coefficient (Wildman–Crippen LogP) is 4.48. The molecule has 4 heteroatoms. The molecule has 0 aromatic heterocycles. The molecule has 29 heavy (non-hydrogen) atoms. The van der Waals surface area contributed by atoms with Crippen LogP contribution >= 0.6 is 0 Å². The average molecular weight is 397 g/mol. The van der Waals surface area contributed by atoms with Crippen LogP contribution in [0.15, 0.2) is 48.5 Å². The first-order valence-corrected chi connectivity index (χ1v) is 10.9. The highest BCUT2D eigenvalue weighted by Gasteiger charge is 2.21. The summed E-state index contributed by atoms with van der Waals surface area (Å²) in [5, 5.41) is 0. The van der Waals surface area contributed by atoms with E-state index in [9.17, 15) is 0 Å². The number of methoxy groups -OCH3 is 2. The number of likely N-dealkylation sites (tertiary alicyclic amines) is 1. The summed E-state index contributed by atoms with van der Waals surface area (Å²) in [4.78, 5) is 5.22. The van der Waals surface area contributed by atoms with Crippen molar-refractivity contribution in [3.05, 3.63) is 59.7 Å². The Morgan fingerprint density at radius 1 is 1.00 bits per heavy atom. The van der Waals surface area contributed by atoms with Gasteiger partial charge in [-0.2, -0.15) is 0 Å². The Balaban J connectivity index is 1.49. The third-order valence-corrected chi connectivity index (χ3v) is 5.96. The summed E-state index contributed by atoms with van der Waals surface area (Å²) in [6.07, 6.45) is 3.73. The van der Waals surface area contributed by atoms with Crippen LogP contribution in [0.1, 0.15) is 30.9 Å². The van der Waals surface area contributed by atoms with Crippen molar-refractivity contribution in [1.82, 2.24) is 9.80 Å². The molecule has 2 aromatic carbocycles. The minimum Gasteiger partial charge on any atom is -0.497 e. The van der Waals surface area contributed by atoms with Gasteiger partial charge in [0.1, 0.15) is 11.5 Å². The van der Waals surface area contributed by atoms with E-state index in [0.717, 1.165) is 43.5 Å². The molecule has 0 unspecified atom stereocenters. The lowest BCUT2D eigenvalue weighted by Gasteiger charge is -2.35. The van der Waals surface area contributed by atoms with Crippen molar-refractivity contribution >= 4 is 0 Å². The average Bonchev–Trinajstić information content (AvgIpc) is 2.77. The van der Waals surface area contributed by atoms with Gasteiger partial charge in [0.2, 0.25) is 0 Å². The predicted molar refractivity (Wildman–Crippen MR) is 120 cm³/mol. The van der Waals surface area contributed by atoms with E-state index in [4.69, 9.17) is 9.47 Å². The maximum Gasteiger partial charge on any atom is 0.119 e. The summed E-state index contributed by atoms with van der Waals surface area (Å²) in [6.45, 7) is 9.07. The number of hydrogen-bond acceptors (Lipinski definition) is 4. The lowest BCUT2D eigenvalue weighted by Crippen LogP contribution is -2.41. The normalized spacial score (nSPS) is 17.4. The van der Waals surface area contributed by atoms with Crippen molar-refractivity contribution in [3.8, 4) is 11.5 Å². The van der Waals surface area contributed by atoms with Gasteiger partial charge in [0.05, 0.1) is 14.2 Å². The van der Waals surface area contributed by atoms with Crippen LogP contribution < -0.4 is 9.47 Å². The molecular weight excluding hydrogens is 360 g/mol. The molecule has 0 saturated carbocycles. The molecule has 1 aliphatic heterocycles. The third-order valence-electron chi connectivity index (χ3n) is 5.96. The molecule has 1 atom stereocenters. The number of piperidine rings is 1. The van der Waals surface area contributed by atoms with Crippen molar-refractivity contribution < 1.29 is 9.47 Å². The maximum atomic E-state index is 5.38. The molecule has 1 saturated heterocycles. The van der Waals surface area contributed by atoms with Crippen LogP contribution in [0.2, 0.25) is 0 Å². The molecule has 1 aliphatic rings. The van der Waals surface area contributed by atoms with Crippen molar-refractivity contribution in [2.24, 2.45) is 5.92 Å². The standard InChI is InChI=1S/C25H36N2O2/c1-4-26(18-22-9-6-12-25(17-22)29-3)19-23-10-7-14-27(20-23)15-13-21-8-5-11-24(16-21)28-2/h5-6,8-9,11-12,16-17,23H,4,7,10,13-15,18-20H2,1-3H3/t23-/m0/s1. The Morgan fingerprint density at radius 2 is 1.69 bits per heavy atom. The maximum absolute atomic E-state index is 5.38. The summed E-state index contributed by atoms with van der Waals surface area (Å²) < 4.78 is 10.7. The smallest absolute Gasteiger partial charge is 0.119 e. The largest absolute Gasteiger partial charge is 0.497 e. The lowest BCUT2D eigenvalue weighted by molar-refractivity contribution is 0.133. The number of rotatable bonds is 10. The number of benzene rings is 2. The molecule has 0 aliphatic carbocycles. The molecule has 0 radical (unpaired) electrons. The van der Waals surface area contributed by atoms with E-state index in [1.54, 1.807) is 14.2 Å². The summed E-state index contributed by atoms with van der Waals surface area (Å²) >= 11 is 0. The quantitative estimate of drug-likeness (QED) is 0.591. The third kappa shape index (κ3) is 6.76. The van der Waals surface area contributed by atoms with Crippen molar-refractivity contribution in [3.63, 3.8) is 0 Å². The van der Waals surface area contributed by atoms with Gasteiger partial charge in [0, 0.05) is 26.2 Å². The Hall–Kier alpha value is -2.04. The van der Waals surface area contributed by atoms with E-state index in [2.05, 4.69) is 53.1 Å². The zero-order valence-corrected chi connectivity index (χ0v) is 18.3. The van der Waals surface area contributed by atoms with Crippen LogP contribution in [-0.4, -0.2) is 56.7 Å². The molecular formula is C25H36N2O2. The molecule has 0 N–H and O–H groups in total. The van der Waals surface area contributed by atoms with Gasteiger partial charge in [0.25, 0.3) is 0 Å². The van der Waals surface area contributed by atoms with Gasteiger partial charge in [-0.15, -0.1) is 0 Å². The zero-order valence-electron chi connectivity index (χ0n) is 18.3. The molecule has 0 amide bonds. The molecule has 1 fully saturated rings. The minimum atomic E-state index is 0.750. The van der Waals surface area contributed by atoms with Gasteiger partial charge in [-0.1, -0.05) is 31.2 Å². The van der Waals surface area contributed by atoms with Crippen LogP contribution in [0, 0.1) is 5.92 Å². The molecule has 158 valence electrons. The molecule has 0 bridgehead atoms. The van der Waals surface area contributed by atoms with Gasteiger partial charge in [-0.25, -0.2) is 0 Å². The monoisotopic (exact) mass is 396 g/mol. The van der Waals surface area contributed by atoms with Gasteiger partial charge < -0.3 is 14.4 Å². The van der Waals surface area contributed by atoms with Gasteiger partial charge in [-0.05, 0) is 73.7 Å². The van der Waals surface area contributed by atoms with E-state index < -0.39 is 0 Å². The topological polar surface area (TPSA) is 24.9 Å². The van der Waals surface area contributed by atoms with Crippen LogP contribution in [0.4, 0.5) is 0 Å². The van der Waals surface area contributed by atoms with Crippen molar-refractivity contribution in [1.29, 1.82) is 0 Å². The SMILES string of the molecule is CCN(Cc1cccc(OC)c1)C[C@@H]1CCCN(CCc2cccc(OC)c2)C1. The molecule has 0 spiro atoms. The first-order chi connectivity index (χ1) is 14.2. The highest BCUT2D eigenvalue weighted by molar-refractivity contribution is 5.29. The van der Waals surface area contributed by atoms with Crippen molar-refractivity contribution in [2.75, 3.05) is 46.9 Å². The number of ether oxygens (including phenoxy) is 2. The van der Waals surface area contributed by atoms with Gasteiger partial charge >= 0.3 is 0 Å². The van der Waals surface area contributed by atoms with E-state index >= 15 is 0 Å². The second-order valence-corrected chi connectivity index (χ2v) is 8.09. The van der Waals surface area contributed by atoms with Crippen molar-refractivity contribution in [2.45, 2.75) is 32.7 Å². The first kappa shape index (κ1) is 21.7. The van der Waals surface area contributed by atoms with Gasteiger partial charge in [-0.3, -0.25) is 4.90 Å². The minimum absolute atomic E-state index is 0.750. The summed E-state index contributed by atoms with van der Waals surface area (Å²) in [5.74, 6) is 2.65. The summed E-state index contributed by atoms with van der Waals surface area (Å²) in [5.41, 5.74) is 2.69. The van der Waals surface area contributed by atoms with Crippen LogP contribution in [-0.2, 0) is 13.0 Å². The first-order valence-electron chi connectivity index (χ1n) is 10.9. The van der Waals surface area contributed by atoms with E-state index in [1.165, 1.54) is 43.6 Å².